The predicted octanol–water partition coefficient (Wildman–Crippen LogP) is 2.57. The zero-order valence-corrected chi connectivity index (χ0v) is 12.8. The van der Waals surface area contributed by atoms with Crippen LogP contribution < -0.4 is 10.6 Å². The van der Waals surface area contributed by atoms with Crippen LogP contribution in [0.5, 0.6) is 0 Å². The van der Waals surface area contributed by atoms with Crippen LogP contribution >= 0.6 is 11.6 Å². The van der Waals surface area contributed by atoms with Crippen molar-refractivity contribution in [1.82, 2.24) is 15.0 Å². The Morgan fingerprint density at radius 2 is 1.95 bits per heavy atom. The van der Waals surface area contributed by atoms with Gasteiger partial charge >= 0.3 is 0 Å². The minimum atomic E-state index is 0.204. The average molecular weight is 300 g/mol. The minimum absolute atomic E-state index is 0.204. The van der Waals surface area contributed by atoms with E-state index in [9.17, 15) is 0 Å². The van der Waals surface area contributed by atoms with Crippen LogP contribution in [0.4, 0.5) is 11.9 Å². The van der Waals surface area contributed by atoms with Gasteiger partial charge in [-0.3, -0.25) is 0 Å². The summed E-state index contributed by atoms with van der Waals surface area (Å²) < 4.78 is 5.67. The molecule has 2 rings (SSSR count). The third-order valence-corrected chi connectivity index (χ3v) is 3.58. The average Bonchev–Trinajstić information content (AvgIpc) is 2.90. The number of hydrogen-bond acceptors (Lipinski definition) is 6. The molecule has 0 radical (unpaired) electrons. The van der Waals surface area contributed by atoms with Crippen molar-refractivity contribution >= 4 is 23.5 Å². The van der Waals surface area contributed by atoms with Crippen LogP contribution in [0.1, 0.15) is 33.1 Å². The lowest BCUT2D eigenvalue weighted by Crippen LogP contribution is -2.23. The maximum Gasteiger partial charge on any atom is 0.228 e. The molecule has 20 heavy (non-hydrogen) atoms. The molecule has 0 bridgehead atoms. The van der Waals surface area contributed by atoms with Gasteiger partial charge in [0.15, 0.2) is 0 Å². The van der Waals surface area contributed by atoms with E-state index in [1.807, 2.05) is 0 Å². The topological polar surface area (TPSA) is 72.0 Å². The number of rotatable bonds is 7. The Labute approximate surface area is 124 Å². The molecule has 2 N–H and O–H groups in total. The molecule has 0 aromatic carbocycles. The van der Waals surface area contributed by atoms with Crippen molar-refractivity contribution < 1.29 is 4.74 Å². The molecule has 2 heterocycles. The normalized spacial score (nSPS) is 21.9. The molecular formula is C13H22ClN5O. The zero-order valence-electron chi connectivity index (χ0n) is 12.0. The first-order valence-electron chi connectivity index (χ1n) is 7.23. The summed E-state index contributed by atoms with van der Waals surface area (Å²) >= 11 is 5.91. The zero-order chi connectivity index (χ0) is 14.4. The van der Waals surface area contributed by atoms with Crippen molar-refractivity contribution in [2.24, 2.45) is 5.92 Å². The standard InChI is InChI=1S/C13H22ClN5O/c1-3-6-15-12-17-11(14)18-13(19-12)16-8-9-5-7-20-10(9)4-2/h9-10H,3-8H2,1-2H3,(H2,15,16,17,18,19). The predicted molar refractivity (Wildman–Crippen MR) is 80.2 cm³/mol. The number of aromatic nitrogens is 3. The van der Waals surface area contributed by atoms with Crippen LogP contribution in [0.2, 0.25) is 5.28 Å². The molecule has 1 aromatic heterocycles. The smallest absolute Gasteiger partial charge is 0.228 e. The maximum atomic E-state index is 5.91. The SMILES string of the molecule is CCCNc1nc(Cl)nc(NCC2CCOC2CC)n1. The second-order valence-electron chi connectivity index (χ2n) is 4.93. The molecule has 1 saturated heterocycles. The Morgan fingerprint density at radius 3 is 2.65 bits per heavy atom. The summed E-state index contributed by atoms with van der Waals surface area (Å²) in [4.78, 5) is 12.5. The Kier molecular flexibility index (Phi) is 5.79. The van der Waals surface area contributed by atoms with Crippen molar-refractivity contribution in [2.45, 2.75) is 39.2 Å². The molecule has 0 saturated carbocycles. The highest BCUT2D eigenvalue weighted by Crippen LogP contribution is 2.23. The Hall–Kier alpha value is -1.14. The van der Waals surface area contributed by atoms with Crippen molar-refractivity contribution in [2.75, 3.05) is 30.3 Å². The van der Waals surface area contributed by atoms with E-state index in [0.717, 1.165) is 39.0 Å². The lowest BCUT2D eigenvalue weighted by Gasteiger charge is -2.17. The van der Waals surface area contributed by atoms with E-state index in [-0.39, 0.29) is 5.28 Å². The van der Waals surface area contributed by atoms with Gasteiger partial charge in [-0.2, -0.15) is 15.0 Å². The number of halogens is 1. The highest BCUT2D eigenvalue weighted by atomic mass is 35.5. The quantitative estimate of drug-likeness (QED) is 0.806. The fourth-order valence-electron chi connectivity index (χ4n) is 2.34. The van der Waals surface area contributed by atoms with Crippen molar-refractivity contribution in [1.29, 1.82) is 0 Å². The third kappa shape index (κ3) is 4.18. The van der Waals surface area contributed by atoms with Crippen LogP contribution in [0.3, 0.4) is 0 Å². The van der Waals surface area contributed by atoms with Crippen LogP contribution in [0, 0.1) is 5.92 Å². The Balaban J connectivity index is 1.93. The molecule has 2 unspecified atom stereocenters. The number of nitrogens with zero attached hydrogens (tertiary/aromatic N) is 3. The van der Waals surface area contributed by atoms with Gasteiger partial charge in [-0.25, -0.2) is 0 Å². The van der Waals surface area contributed by atoms with Crippen molar-refractivity contribution in [3.05, 3.63) is 5.28 Å². The molecule has 0 spiro atoms. The van der Waals surface area contributed by atoms with Gasteiger partial charge in [0.1, 0.15) is 0 Å². The number of hydrogen-bond donors (Lipinski definition) is 2. The molecule has 6 nitrogen and oxygen atoms in total. The second kappa shape index (κ2) is 7.59. The molecule has 1 aliphatic heterocycles. The summed E-state index contributed by atoms with van der Waals surface area (Å²) in [6.07, 6.45) is 3.44. The summed E-state index contributed by atoms with van der Waals surface area (Å²) in [6.45, 7) is 6.68. The highest BCUT2D eigenvalue weighted by molar-refractivity contribution is 6.28. The van der Waals surface area contributed by atoms with E-state index in [4.69, 9.17) is 16.3 Å². The monoisotopic (exact) mass is 299 g/mol. The first kappa shape index (κ1) is 15.3. The summed E-state index contributed by atoms with van der Waals surface area (Å²) in [7, 11) is 0. The van der Waals surface area contributed by atoms with Gasteiger partial charge in [0.2, 0.25) is 17.2 Å². The molecule has 2 atom stereocenters. The largest absolute Gasteiger partial charge is 0.378 e. The fraction of sp³-hybridized carbons (Fsp3) is 0.769. The van der Waals surface area contributed by atoms with E-state index in [1.165, 1.54) is 0 Å². The summed E-state index contributed by atoms with van der Waals surface area (Å²) in [6, 6.07) is 0. The third-order valence-electron chi connectivity index (χ3n) is 3.41. The molecule has 1 fully saturated rings. The van der Waals surface area contributed by atoms with E-state index < -0.39 is 0 Å². The Morgan fingerprint density at radius 1 is 1.20 bits per heavy atom. The van der Waals surface area contributed by atoms with Crippen molar-refractivity contribution in [3.63, 3.8) is 0 Å². The summed E-state index contributed by atoms with van der Waals surface area (Å²) in [5.74, 6) is 1.54. The van der Waals surface area contributed by atoms with Crippen LogP contribution in [0.25, 0.3) is 0 Å². The lowest BCUT2D eigenvalue weighted by molar-refractivity contribution is 0.0900. The number of ether oxygens (including phenoxy) is 1. The summed E-state index contributed by atoms with van der Waals surface area (Å²) in [5, 5.41) is 6.56. The first-order chi connectivity index (χ1) is 9.72. The van der Waals surface area contributed by atoms with E-state index in [2.05, 4.69) is 39.4 Å². The van der Waals surface area contributed by atoms with Gasteiger partial charge < -0.3 is 15.4 Å². The van der Waals surface area contributed by atoms with Gasteiger partial charge in [-0.1, -0.05) is 13.8 Å². The van der Waals surface area contributed by atoms with E-state index >= 15 is 0 Å². The van der Waals surface area contributed by atoms with E-state index in [1.54, 1.807) is 0 Å². The van der Waals surface area contributed by atoms with Crippen molar-refractivity contribution in [3.8, 4) is 0 Å². The highest BCUT2D eigenvalue weighted by Gasteiger charge is 2.26. The van der Waals surface area contributed by atoms with Crippen LogP contribution in [-0.4, -0.2) is 40.8 Å². The van der Waals surface area contributed by atoms with Gasteiger partial charge in [-0.15, -0.1) is 0 Å². The van der Waals surface area contributed by atoms with E-state index in [0.29, 0.717) is 23.9 Å². The molecule has 1 aliphatic rings. The fourth-order valence-corrected chi connectivity index (χ4v) is 2.50. The van der Waals surface area contributed by atoms with Crippen LogP contribution in [0.15, 0.2) is 0 Å². The maximum absolute atomic E-state index is 5.91. The van der Waals surface area contributed by atoms with Gasteiger partial charge in [-0.05, 0) is 30.9 Å². The molecule has 112 valence electrons. The van der Waals surface area contributed by atoms with Crippen LogP contribution in [-0.2, 0) is 4.74 Å². The summed E-state index contributed by atoms with van der Waals surface area (Å²) in [5.41, 5.74) is 0. The second-order valence-corrected chi connectivity index (χ2v) is 5.26. The molecule has 7 heteroatoms. The molecule has 0 aliphatic carbocycles. The lowest BCUT2D eigenvalue weighted by atomic mass is 10.00. The molecular weight excluding hydrogens is 278 g/mol. The number of nitrogens with one attached hydrogen (secondary N) is 2. The van der Waals surface area contributed by atoms with Gasteiger partial charge in [0.25, 0.3) is 0 Å². The molecule has 1 aromatic rings. The Bertz CT molecular complexity index is 431. The number of anilines is 2. The minimum Gasteiger partial charge on any atom is -0.378 e. The first-order valence-corrected chi connectivity index (χ1v) is 7.61. The molecule has 0 amide bonds. The van der Waals surface area contributed by atoms with Gasteiger partial charge in [0.05, 0.1) is 6.10 Å². The van der Waals surface area contributed by atoms with Gasteiger partial charge in [0, 0.05) is 25.6 Å².